The number of hydrogen-bond donors (Lipinski definition) is 4. The third-order valence-corrected chi connectivity index (χ3v) is 6.40. The second-order valence-electron chi connectivity index (χ2n) is 9.03. The first-order valence-corrected chi connectivity index (χ1v) is 12.7. The number of aliphatic carboxylic acids is 2. The second kappa shape index (κ2) is 14.9. The molecule has 17 heteroatoms. The molecule has 1 saturated heterocycles. The van der Waals surface area contributed by atoms with Gasteiger partial charge in [0.2, 0.25) is 11.8 Å². The summed E-state index contributed by atoms with van der Waals surface area (Å²) < 4.78 is 69.1. The van der Waals surface area contributed by atoms with E-state index in [1.807, 2.05) is 36.4 Å². The Bertz CT molecular complexity index is 1300. The molecule has 2 heterocycles. The lowest BCUT2D eigenvalue weighted by atomic mass is 9.99. The van der Waals surface area contributed by atoms with Crippen molar-refractivity contribution in [2.24, 2.45) is 5.73 Å². The van der Waals surface area contributed by atoms with E-state index in [2.05, 4.69) is 5.32 Å². The number of carboxylic acids is 2. The van der Waals surface area contributed by atoms with E-state index in [1.165, 1.54) is 0 Å². The smallest absolute Gasteiger partial charge is 0.490 e. The molecule has 2 aromatic carbocycles. The predicted molar refractivity (Wildman–Crippen MR) is 138 cm³/mol. The Morgan fingerprint density at radius 3 is 2.12 bits per heavy atom. The van der Waals surface area contributed by atoms with Crippen molar-refractivity contribution in [3.8, 4) is 5.75 Å². The molecule has 2 atom stereocenters. The number of rotatable bonds is 5. The molecule has 236 valence electrons. The first kappa shape index (κ1) is 35.1. The molecule has 2 aliphatic rings. The lowest BCUT2D eigenvalue weighted by Crippen LogP contribution is -2.47. The van der Waals surface area contributed by atoms with Gasteiger partial charge in [0.15, 0.2) is 0 Å². The molecule has 2 aliphatic heterocycles. The number of likely N-dealkylation sites (tertiary alicyclic amines) is 1. The third kappa shape index (κ3) is 10.0. The Morgan fingerprint density at radius 2 is 1.56 bits per heavy atom. The fourth-order valence-electron chi connectivity index (χ4n) is 4.13. The summed E-state index contributed by atoms with van der Waals surface area (Å²) in [6.07, 6.45) is -8.70. The molecular formula is C26H26ClF6N3O7. The number of halogens is 7. The van der Waals surface area contributed by atoms with Crippen LogP contribution in [-0.2, 0) is 32.3 Å². The van der Waals surface area contributed by atoms with Crippen molar-refractivity contribution >= 4 is 35.4 Å². The predicted octanol–water partition coefficient (Wildman–Crippen LogP) is 3.85. The van der Waals surface area contributed by atoms with Gasteiger partial charge in [-0.25, -0.2) is 9.59 Å². The molecule has 10 nitrogen and oxygen atoms in total. The number of hydrogen-bond acceptors (Lipinski definition) is 6. The first-order chi connectivity index (χ1) is 20.0. The highest BCUT2D eigenvalue weighted by Gasteiger charge is 2.41. The van der Waals surface area contributed by atoms with Crippen molar-refractivity contribution in [2.75, 3.05) is 13.2 Å². The number of nitrogens with two attached hydrogens (primary N) is 1. The van der Waals surface area contributed by atoms with Crippen LogP contribution < -0.4 is 15.8 Å². The lowest BCUT2D eigenvalue weighted by molar-refractivity contribution is -0.193. The summed E-state index contributed by atoms with van der Waals surface area (Å²) in [5.74, 6) is -5.30. The number of carbonyl (C=O) groups excluding carboxylic acids is 2. The zero-order valence-electron chi connectivity index (χ0n) is 22.0. The highest BCUT2D eigenvalue weighted by molar-refractivity contribution is 6.30. The Hall–Kier alpha value is -4.05. The average Bonchev–Trinajstić information content (AvgIpc) is 3.59. The van der Waals surface area contributed by atoms with Crippen molar-refractivity contribution in [2.45, 2.75) is 50.2 Å². The zero-order chi connectivity index (χ0) is 32.5. The molecule has 0 radical (unpaired) electrons. The molecule has 0 spiro atoms. The van der Waals surface area contributed by atoms with Gasteiger partial charge in [-0.15, -0.1) is 0 Å². The number of ether oxygens (including phenoxy) is 1. The Kier molecular flexibility index (Phi) is 12.2. The third-order valence-electron chi connectivity index (χ3n) is 6.16. The van der Waals surface area contributed by atoms with Crippen molar-refractivity contribution < 1.29 is 60.5 Å². The maximum absolute atomic E-state index is 13.2. The molecule has 0 aliphatic carbocycles. The standard InChI is InChI=1S/C22H24ClN3O3.2C2HF3O2/c23-16-8-7-14(11-24)15(10-16)12-25-21(27)19-5-3-9-26(19)22(28)18-13-29-20-6-2-1-4-17(18)20;2*3-2(4,5)1(6)7/h1-2,4,6-8,10,18-19H,3,5,9,11-13,24H2,(H,25,27);2*(H,6,7)/t18?,19-;;/m0../s1. The number of carbonyl (C=O) groups is 4. The minimum atomic E-state index is -5.08. The van der Waals surface area contributed by atoms with Crippen LogP contribution in [-0.4, -0.2) is 70.4 Å². The first-order valence-electron chi connectivity index (χ1n) is 12.3. The highest BCUT2D eigenvalue weighted by atomic mass is 35.5. The number of fused-ring (bicyclic) bond motifs is 1. The van der Waals surface area contributed by atoms with E-state index in [1.54, 1.807) is 11.0 Å². The van der Waals surface area contributed by atoms with Gasteiger partial charge >= 0.3 is 24.3 Å². The summed E-state index contributed by atoms with van der Waals surface area (Å²) in [5.41, 5.74) is 8.51. The van der Waals surface area contributed by atoms with Crippen LogP contribution in [0.2, 0.25) is 5.02 Å². The van der Waals surface area contributed by atoms with Crippen molar-refractivity contribution in [1.29, 1.82) is 0 Å². The monoisotopic (exact) mass is 641 g/mol. The van der Waals surface area contributed by atoms with E-state index >= 15 is 0 Å². The normalized spacial score (nSPS) is 17.3. The highest BCUT2D eigenvalue weighted by Crippen LogP contribution is 2.36. The maximum atomic E-state index is 13.2. The van der Waals surface area contributed by atoms with Crippen LogP contribution in [0.5, 0.6) is 5.75 Å². The minimum absolute atomic E-state index is 0.0435. The van der Waals surface area contributed by atoms with Crippen molar-refractivity contribution in [3.63, 3.8) is 0 Å². The van der Waals surface area contributed by atoms with Crippen molar-refractivity contribution in [3.05, 3.63) is 64.2 Å². The van der Waals surface area contributed by atoms with E-state index in [4.69, 9.17) is 41.9 Å². The molecular weight excluding hydrogens is 616 g/mol. The molecule has 2 amide bonds. The summed E-state index contributed by atoms with van der Waals surface area (Å²) in [4.78, 5) is 45.5. The quantitative estimate of drug-likeness (QED) is 0.359. The molecule has 4 rings (SSSR count). The molecule has 0 saturated carbocycles. The van der Waals surface area contributed by atoms with Crippen LogP contribution in [0.25, 0.3) is 0 Å². The summed E-state index contributed by atoms with van der Waals surface area (Å²) in [6, 6.07) is 12.6. The van der Waals surface area contributed by atoms with Gasteiger partial charge in [-0.05, 0) is 42.2 Å². The van der Waals surface area contributed by atoms with Crippen LogP contribution in [0.1, 0.15) is 35.4 Å². The van der Waals surface area contributed by atoms with Crippen LogP contribution in [0.3, 0.4) is 0 Å². The van der Waals surface area contributed by atoms with Gasteiger partial charge in [-0.1, -0.05) is 35.9 Å². The van der Waals surface area contributed by atoms with Crippen molar-refractivity contribution in [1.82, 2.24) is 10.2 Å². The zero-order valence-corrected chi connectivity index (χ0v) is 22.8. The Labute approximate surface area is 245 Å². The molecule has 2 aromatic rings. The summed E-state index contributed by atoms with van der Waals surface area (Å²) in [7, 11) is 0. The maximum Gasteiger partial charge on any atom is 0.490 e. The Morgan fingerprint density at radius 1 is 0.977 bits per heavy atom. The average molecular weight is 642 g/mol. The van der Waals surface area contributed by atoms with Gasteiger partial charge in [0.05, 0.1) is 0 Å². The number of carboxylic acid groups (broad SMARTS) is 2. The van der Waals surface area contributed by atoms with Crippen LogP contribution in [0.15, 0.2) is 42.5 Å². The van der Waals surface area contributed by atoms with E-state index in [0.29, 0.717) is 37.7 Å². The van der Waals surface area contributed by atoms with Gasteiger partial charge in [0.1, 0.15) is 24.3 Å². The fourth-order valence-corrected chi connectivity index (χ4v) is 4.32. The molecule has 43 heavy (non-hydrogen) atoms. The van der Waals surface area contributed by atoms with E-state index in [9.17, 15) is 35.9 Å². The minimum Gasteiger partial charge on any atom is -0.492 e. The van der Waals surface area contributed by atoms with Gasteiger partial charge < -0.3 is 30.9 Å². The lowest BCUT2D eigenvalue weighted by Gasteiger charge is -2.26. The van der Waals surface area contributed by atoms with Crippen LogP contribution >= 0.6 is 11.6 Å². The molecule has 1 unspecified atom stereocenters. The van der Waals surface area contributed by atoms with Gasteiger partial charge in [-0.2, -0.15) is 26.3 Å². The molecule has 0 aromatic heterocycles. The van der Waals surface area contributed by atoms with E-state index < -0.39 is 30.3 Å². The summed E-state index contributed by atoms with van der Waals surface area (Å²) >= 11 is 6.08. The summed E-state index contributed by atoms with van der Waals surface area (Å²) in [5, 5.41) is 17.8. The van der Waals surface area contributed by atoms with E-state index in [0.717, 1.165) is 28.9 Å². The second-order valence-corrected chi connectivity index (χ2v) is 9.47. The number of alkyl halides is 6. The number of nitrogens with zero attached hydrogens (tertiary/aromatic N) is 1. The van der Waals surface area contributed by atoms with Gasteiger partial charge in [0.25, 0.3) is 0 Å². The number of amides is 2. The number of nitrogens with one attached hydrogen (secondary N) is 1. The topological polar surface area (TPSA) is 159 Å². The SMILES string of the molecule is NCc1ccc(Cl)cc1CNC(=O)[C@@H]1CCCN1C(=O)C1COc2ccccc21.O=C(O)C(F)(F)F.O=C(O)C(F)(F)F. The number of para-hydroxylation sites is 1. The molecule has 0 bridgehead atoms. The molecule has 1 fully saturated rings. The van der Waals surface area contributed by atoms with Crippen LogP contribution in [0.4, 0.5) is 26.3 Å². The molecule has 5 N–H and O–H groups in total. The fraction of sp³-hybridized carbons (Fsp3) is 0.385. The van der Waals surface area contributed by atoms with E-state index in [-0.39, 0.29) is 17.7 Å². The Balaban J connectivity index is 0.000000384. The largest absolute Gasteiger partial charge is 0.492 e. The van der Waals surface area contributed by atoms with Gasteiger partial charge in [0, 0.05) is 30.2 Å². The summed E-state index contributed by atoms with van der Waals surface area (Å²) in [6.45, 7) is 1.61. The van der Waals surface area contributed by atoms with Crippen LogP contribution in [0, 0.1) is 0 Å². The number of benzene rings is 2. The van der Waals surface area contributed by atoms with Gasteiger partial charge in [-0.3, -0.25) is 9.59 Å².